The van der Waals surface area contributed by atoms with Gasteiger partial charge in [0.2, 0.25) is 0 Å². The largest absolute Gasteiger partial charge is 0.347 e. The van der Waals surface area contributed by atoms with Crippen LogP contribution in [0.3, 0.4) is 0 Å². The lowest BCUT2D eigenvalue weighted by atomic mass is 10.1. The Kier molecular flexibility index (Phi) is 6.06. The summed E-state index contributed by atoms with van der Waals surface area (Å²) < 4.78 is 0. The minimum atomic E-state index is -0.869. The Morgan fingerprint density at radius 2 is 1.68 bits per heavy atom. The topological polar surface area (TPSA) is 81.8 Å². The molecule has 1 aliphatic rings. The van der Waals surface area contributed by atoms with Crippen LogP contribution in [-0.4, -0.2) is 49.8 Å². The van der Waals surface area contributed by atoms with E-state index in [2.05, 4.69) is 10.6 Å². The second kappa shape index (κ2) is 8.67. The molecule has 1 atom stereocenters. The van der Waals surface area contributed by atoms with Gasteiger partial charge in [0.25, 0.3) is 5.91 Å². The van der Waals surface area contributed by atoms with Gasteiger partial charge >= 0.3 is 11.8 Å². The Morgan fingerprint density at radius 3 is 2.39 bits per heavy atom. The Morgan fingerprint density at radius 1 is 1.00 bits per heavy atom. The average molecular weight is 380 g/mol. The van der Waals surface area contributed by atoms with Gasteiger partial charge in [0.1, 0.15) is 6.04 Å². The molecule has 146 valence electrons. The van der Waals surface area contributed by atoms with Gasteiger partial charge in [-0.3, -0.25) is 14.4 Å². The molecule has 2 aromatic rings. The van der Waals surface area contributed by atoms with Crippen LogP contribution in [0.4, 0.5) is 5.69 Å². The fraction of sp³-hybridized carbons (Fsp3) is 0.286. The average Bonchev–Trinajstić information content (AvgIpc) is 2.94. The summed E-state index contributed by atoms with van der Waals surface area (Å²) in [6.45, 7) is 1.38. The van der Waals surface area contributed by atoms with Crippen molar-refractivity contribution in [3.63, 3.8) is 0 Å². The number of rotatable bonds is 6. The molecule has 0 aliphatic carbocycles. The number of anilines is 1. The van der Waals surface area contributed by atoms with Crippen LogP contribution in [0, 0.1) is 0 Å². The SMILES string of the molecule is CN(C)CCNC(=O)C(=O)N[C@H]1C(=O)N(Cc2ccccc2)c2ccccc21. The number of fused-ring (bicyclic) bond motifs is 1. The number of likely N-dealkylation sites (N-methyl/N-ethyl adjacent to an activating group) is 1. The van der Waals surface area contributed by atoms with Crippen molar-refractivity contribution in [2.24, 2.45) is 0 Å². The van der Waals surface area contributed by atoms with Gasteiger partial charge in [-0.1, -0.05) is 48.5 Å². The fourth-order valence-electron chi connectivity index (χ4n) is 3.12. The molecular formula is C21H24N4O3. The van der Waals surface area contributed by atoms with Crippen molar-refractivity contribution in [1.29, 1.82) is 0 Å². The van der Waals surface area contributed by atoms with E-state index < -0.39 is 17.9 Å². The zero-order valence-electron chi connectivity index (χ0n) is 16.0. The minimum Gasteiger partial charge on any atom is -0.347 e. The van der Waals surface area contributed by atoms with Gasteiger partial charge in [0.15, 0.2) is 0 Å². The monoisotopic (exact) mass is 380 g/mol. The van der Waals surface area contributed by atoms with E-state index in [9.17, 15) is 14.4 Å². The van der Waals surface area contributed by atoms with Crippen molar-refractivity contribution in [1.82, 2.24) is 15.5 Å². The van der Waals surface area contributed by atoms with Gasteiger partial charge in [-0.2, -0.15) is 0 Å². The normalized spacial score (nSPS) is 15.5. The zero-order chi connectivity index (χ0) is 20.1. The number of nitrogens with zero attached hydrogens (tertiary/aromatic N) is 2. The van der Waals surface area contributed by atoms with Gasteiger partial charge < -0.3 is 20.4 Å². The summed E-state index contributed by atoms with van der Waals surface area (Å²) in [4.78, 5) is 40.9. The first-order valence-corrected chi connectivity index (χ1v) is 9.15. The van der Waals surface area contributed by atoms with Crippen LogP contribution in [0.2, 0.25) is 0 Å². The second-order valence-electron chi connectivity index (χ2n) is 6.93. The lowest BCUT2D eigenvalue weighted by Gasteiger charge is -2.18. The Bertz CT molecular complexity index is 867. The van der Waals surface area contributed by atoms with Gasteiger partial charge in [-0.15, -0.1) is 0 Å². The molecule has 1 heterocycles. The second-order valence-corrected chi connectivity index (χ2v) is 6.93. The van der Waals surface area contributed by atoms with Crippen molar-refractivity contribution in [3.8, 4) is 0 Å². The predicted molar refractivity (Wildman–Crippen MR) is 107 cm³/mol. The Labute approximate surface area is 164 Å². The van der Waals surface area contributed by atoms with Crippen LogP contribution in [0.1, 0.15) is 17.2 Å². The first-order chi connectivity index (χ1) is 13.5. The molecule has 2 N–H and O–H groups in total. The maximum absolute atomic E-state index is 13.0. The van der Waals surface area contributed by atoms with Crippen LogP contribution in [0.15, 0.2) is 54.6 Å². The van der Waals surface area contributed by atoms with Crippen molar-refractivity contribution in [2.45, 2.75) is 12.6 Å². The molecule has 0 bridgehead atoms. The van der Waals surface area contributed by atoms with Crippen molar-refractivity contribution in [3.05, 3.63) is 65.7 Å². The molecule has 3 rings (SSSR count). The molecule has 7 nitrogen and oxygen atoms in total. The van der Waals surface area contributed by atoms with E-state index in [-0.39, 0.29) is 5.91 Å². The summed E-state index contributed by atoms with van der Waals surface area (Å²) in [6.07, 6.45) is 0. The van der Waals surface area contributed by atoms with Crippen LogP contribution in [0.25, 0.3) is 0 Å². The van der Waals surface area contributed by atoms with Crippen molar-refractivity contribution >= 4 is 23.4 Å². The summed E-state index contributed by atoms with van der Waals surface area (Å²) >= 11 is 0. The van der Waals surface area contributed by atoms with E-state index in [1.54, 1.807) is 11.0 Å². The smallest absolute Gasteiger partial charge is 0.310 e. The maximum atomic E-state index is 13.0. The first-order valence-electron chi connectivity index (χ1n) is 9.15. The maximum Gasteiger partial charge on any atom is 0.310 e. The van der Waals surface area contributed by atoms with Crippen LogP contribution in [-0.2, 0) is 20.9 Å². The molecule has 0 unspecified atom stereocenters. The molecule has 28 heavy (non-hydrogen) atoms. The molecule has 2 aromatic carbocycles. The van der Waals surface area contributed by atoms with Gasteiger partial charge in [-0.05, 0) is 25.7 Å². The third kappa shape index (κ3) is 4.37. The fourth-order valence-corrected chi connectivity index (χ4v) is 3.12. The number of carbonyl (C=O) groups is 3. The Balaban J connectivity index is 1.72. The van der Waals surface area contributed by atoms with Crippen LogP contribution < -0.4 is 15.5 Å². The summed E-state index contributed by atoms with van der Waals surface area (Å²) in [7, 11) is 3.75. The van der Waals surface area contributed by atoms with Gasteiger partial charge in [0.05, 0.1) is 6.54 Å². The summed E-state index contributed by atoms with van der Waals surface area (Å²) in [5.41, 5.74) is 2.42. The van der Waals surface area contributed by atoms with Crippen LogP contribution >= 0.6 is 0 Å². The van der Waals surface area contributed by atoms with Gasteiger partial charge in [0, 0.05) is 24.3 Å². The number of amides is 3. The van der Waals surface area contributed by atoms with E-state index in [1.807, 2.05) is 67.5 Å². The van der Waals surface area contributed by atoms with E-state index in [4.69, 9.17) is 0 Å². The summed E-state index contributed by atoms with van der Waals surface area (Å²) in [6, 6.07) is 16.1. The highest BCUT2D eigenvalue weighted by Crippen LogP contribution is 2.36. The molecule has 0 saturated carbocycles. The third-order valence-electron chi connectivity index (χ3n) is 4.56. The summed E-state index contributed by atoms with van der Waals surface area (Å²) in [5.74, 6) is -1.80. The number of benzene rings is 2. The van der Waals surface area contributed by atoms with E-state index in [0.29, 0.717) is 25.2 Å². The molecule has 0 fully saturated rings. The van der Waals surface area contributed by atoms with Crippen molar-refractivity contribution < 1.29 is 14.4 Å². The highest BCUT2D eigenvalue weighted by atomic mass is 16.2. The van der Waals surface area contributed by atoms with Crippen molar-refractivity contribution in [2.75, 3.05) is 32.1 Å². The zero-order valence-corrected chi connectivity index (χ0v) is 16.0. The highest BCUT2D eigenvalue weighted by molar-refractivity contribution is 6.35. The molecule has 0 aromatic heterocycles. The standard InChI is InChI=1S/C21H24N4O3/c1-24(2)13-12-22-19(26)20(27)23-18-16-10-6-7-11-17(16)25(21(18)28)14-15-8-4-3-5-9-15/h3-11,18H,12-14H2,1-2H3,(H,22,26)(H,23,27)/t18-/m1/s1. The molecule has 3 amide bonds. The molecule has 0 spiro atoms. The molecular weight excluding hydrogens is 356 g/mol. The lowest BCUT2D eigenvalue weighted by molar-refractivity contribution is -0.140. The number of carbonyl (C=O) groups excluding carboxylic acids is 3. The number of nitrogens with one attached hydrogen (secondary N) is 2. The van der Waals surface area contributed by atoms with E-state index in [0.717, 1.165) is 11.3 Å². The van der Waals surface area contributed by atoms with E-state index in [1.165, 1.54) is 0 Å². The number of para-hydroxylation sites is 1. The van der Waals surface area contributed by atoms with Gasteiger partial charge in [-0.25, -0.2) is 0 Å². The quantitative estimate of drug-likeness (QED) is 0.735. The number of hydrogen-bond donors (Lipinski definition) is 2. The highest BCUT2D eigenvalue weighted by Gasteiger charge is 2.38. The Hall–Kier alpha value is -3.19. The first kappa shape index (κ1) is 19.6. The molecule has 0 radical (unpaired) electrons. The molecule has 7 heteroatoms. The molecule has 0 saturated heterocycles. The van der Waals surface area contributed by atoms with E-state index >= 15 is 0 Å². The third-order valence-corrected chi connectivity index (χ3v) is 4.56. The summed E-state index contributed by atoms with van der Waals surface area (Å²) in [5, 5.41) is 5.14. The number of hydrogen-bond acceptors (Lipinski definition) is 4. The van der Waals surface area contributed by atoms with Crippen LogP contribution in [0.5, 0.6) is 0 Å². The predicted octanol–water partition coefficient (Wildman–Crippen LogP) is 1.07. The minimum absolute atomic E-state index is 0.250. The lowest BCUT2D eigenvalue weighted by Crippen LogP contribution is -2.45. The molecule has 1 aliphatic heterocycles.